The number of carbonyl (C=O) groups is 1. The number of nitrogens with zero attached hydrogens (tertiary/aromatic N) is 3. The number of non-ortho nitro benzene ring substituents is 1. The first-order chi connectivity index (χ1) is 13.9. The molecule has 0 saturated carbocycles. The molecule has 0 N–H and O–H groups in total. The molecule has 10 heteroatoms. The normalized spacial score (nSPS) is 12.0. The molecular weight excluding hydrogens is 453 g/mol. The number of hydrogen-bond acceptors (Lipinski definition) is 5. The van der Waals surface area contributed by atoms with Gasteiger partial charge in [-0.15, -0.1) is 17.9 Å². The number of carbonyl (C=O) groups excluding carboxylic acids is 1. The van der Waals surface area contributed by atoms with Gasteiger partial charge in [-0.05, 0) is 24.3 Å². The maximum absolute atomic E-state index is 12.8. The first kappa shape index (κ1) is 19.8. The maximum Gasteiger partial charge on any atom is 0.289 e. The third-order valence-electron chi connectivity index (χ3n) is 4.16. The summed E-state index contributed by atoms with van der Waals surface area (Å²) in [5.74, 6) is -0.430. The zero-order valence-corrected chi connectivity index (χ0v) is 17.7. The Balaban J connectivity index is 1.84. The second-order valence-electron chi connectivity index (χ2n) is 6.00. The summed E-state index contributed by atoms with van der Waals surface area (Å²) in [5.41, 5.74) is 0.675. The van der Waals surface area contributed by atoms with Crippen LogP contribution >= 0.6 is 45.9 Å². The molecule has 0 aliphatic heterocycles. The van der Waals surface area contributed by atoms with Gasteiger partial charge in [0.05, 0.1) is 30.1 Å². The van der Waals surface area contributed by atoms with E-state index in [0.717, 1.165) is 9.40 Å². The quantitative estimate of drug-likeness (QED) is 0.209. The molecule has 0 spiro atoms. The van der Waals surface area contributed by atoms with Crippen LogP contribution in [-0.4, -0.2) is 15.4 Å². The third kappa shape index (κ3) is 3.60. The summed E-state index contributed by atoms with van der Waals surface area (Å²) in [4.78, 5) is 28.4. The average Bonchev–Trinajstić information content (AvgIpc) is 3.26. The van der Waals surface area contributed by atoms with Crippen LogP contribution in [0.5, 0.6) is 0 Å². The summed E-state index contributed by atoms with van der Waals surface area (Å²) < 4.78 is 3.41. The molecule has 0 aliphatic rings. The lowest BCUT2D eigenvalue weighted by Gasteiger charge is -2.03. The molecular formula is C19H11Cl2N3O3S2. The van der Waals surface area contributed by atoms with Gasteiger partial charge in [-0.2, -0.15) is 4.99 Å². The van der Waals surface area contributed by atoms with Crippen molar-refractivity contribution in [1.82, 2.24) is 4.57 Å². The predicted molar refractivity (Wildman–Crippen MR) is 118 cm³/mol. The van der Waals surface area contributed by atoms with Gasteiger partial charge >= 0.3 is 0 Å². The highest BCUT2D eigenvalue weighted by molar-refractivity contribution is 7.21. The highest BCUT2D eigenvalue weighted by Crippen LogP contribution is 2.32. The molecule has 2 aromatic carbocycles. The number of amides is 1. The molecule has 4 rings (SSSR count). The van der Waals surface area contributed by atoms with Crippen molar-refractivity contribution in [2.24, 2.45) is 4.99 Å². The maximum atomic E-state index is 12.8. The fraction of sp³-hybridized carbons (Fsp3) is 0.0526. The Morgan fingerprint density at radius 1 is 1.21 bits per heavy atom. The SMILES string of the molecule is C=CCn1c(=NC(=O)c2cc3cc([N+](=O)[O-])ccc3s2)sc2ccc(Cl)c(Cl)c21. The van der Waals surface area contributed by atoms with Crippen molar-refractivity contribution in [2.75, 3.05) is 0 Å². The minimum Gasteiger partial charge on any atom is -0.311 e. The summed E-state index contributed by atoms with van der Waals surface area (Å²) in [6.45, 7) is 4.16. The van der Waals surface area contributed by atoms with Gasteiger partial charge in [-0.1, -0.05) is 40.6 Å². The van der Waals surface area contributed by atoms with Crippen molar-refractivity contribution >= 4 is 77.8 Å². The minimum absolute atomic E-state index is 0.0221. The van der Waals surface area contributed by atoms with Crippen LogP contribution < -0.4 is 4.80 Å². The molecule has 29 heavy (non-hydrogen) atoms. The third-order valence-corrected chi connectivity index (χ3v) is 7.11. The summed E-state index contributed by atoms with van der Waals surface area (Å²) in [5, 5.41) is 12.4. The smallest absolute Gasteiger partial charge is 0.289 e. The van der Waals surface area contributed by atoms with Gasteiger partial charge in [0.25, 0.3) is 11.6 Å². The van der Waals surface area contributed by atoms with E-state index < -0.39 is 10.8 Å². The molecule has 0 saturated heterocycles. The number of thiophene rings is 1. The van der Waals surface area contributed by atoms with Gasteiger partial charge in [-0.3, -0.25) is 14.9 Å². The first-order valence-corrected chi connectivity index (χ1v) is 10.6. The van der Waals surface area contributed by atoms with Crippen molar-refractivity contribution in [3.63, 3.8) is 0 Å². The van der Waals surface area contributed by atoms with Crippen LogP contribution in [0.25, 0.3) is 20.3 Å². The summed E-state index contributed by atoms with van der Waals surface area (Å²) in [7, 11) is 0. The summed E-state index contributed by atoms with van der Waals surface area (Å²) in [6.07, 6.45) is 1.69. The van der Waals surface area contributed by atoms with E-state index in [2.05, 4.69) is 11.6 Å². The molecule has 0 bridgehead atoms. The van der Waals surface area contributed by atoms with Crippen LogP contribution in [0.3, 0.4) is 0 Å². The monoisotopic (exact) mass is 463 g/mol. The number of thiazole rings is 1. The minimum atomic E-state index is -0.465. The van der Waals surface area contributed by atoms with Gasteiger partial charge in [0, 0.05) is 28.8 Å². The summed E-state index contributed by atoms with van der Waals surface area (Å²) >= 11 is 15.1. The van der Waals surface area contributed by atoms with Crippen LogP contribution in [0.4, 0.5) is 5.69 Å². The van der Waals surface area contributed by atoms with Crippen molar-refractivity contribution in [2.45, 2.75) is 6.54 Å². The van der Waals surface area contributed by atoms with Gasteiger partial charge in [0.2, 0.25) is 0 Å². The fourth-order valence-electron chi connectivity index (χ4n) is 2.88. The van der Waals surface area contributed by atoms with Crippen LogP contribution in [0.1, 0.15) is 9.67 Å². The van der Waals surface area contributed by atoms with E-state index in [-0.39, 0.29) is 5.69 Å². The van der Waals surface area contributed by atoms with E-state index in [4.69, 9.17) is 23.2 Å². The standard InChI is InChI=1S/C19H11Cl2N3O3S2/c1-2-7-23-17-14(6-4-12(20)16(17)21)29-19(23)22-18(25)15-9-10-8-11(24(26)27)3-5-13(10)28-15/h2-6,8-9H,1,7H2. The van der Waals surface area contributed by atoms with E-state index >= 15 is 0 Å². The highest BCUT2D eigenvalue weighted by atomic mass is 35.5. The van der Waals surface area contributed by atoms with Crippen LogP contribution in [0.2, 0.25) is 10.0 Å². The van der Waals surface area contributed by atoms with Crippen LogP contribution in [0.15, 0.2) is 54.0 Å². The zero-order valence-electron chi connectivity index (χ0n) is 14.6. The highest BCUT2D eigenvalue weighted by Gasteiger charge is 2.16. The number of benzene rings is 2. The van der Waals surface area contributed by atoms with E-state index in [0.29, 0.717) is 37.2 Å². The predicted octanol–water partition coefficient (Wildman–Crippen LogP) is 6.06. The molecule has 1 amide bonds. The van der Waals surface area contributed by atoms with Crippen molar-refractivity contribution in [3.05, 3.63) is 78.9 Å². The fourth-order valence-corrected chi connectivity index (χ4v) is 5.33. The molecule has 0 fully saturated rings. The largest absolute Gasteiger partial charge is 0.311 e. The number of allylic oxidation sites excluding steroid dienone is 1. The average molecular weight is 464 g/mol. The molecule has 6 nitrogen and oxygen atoms in total. The van der Waals surface area contributed by atoms with Gasteiger partial charge in [0.15, 0.2) is 4.80 Å². The first-order valence-electron chi connectivity index (χ1n) is 8.24. The number of hydrogen-bond donors (Lipinski definition) is 0. The van der Waals surface area contributed by atoms with E-state index in [1.807, 2.05) is 6.07 Å². The molecule has 2 heterocycles. The number of halogens is 2. The van der Waals surface area contributed by atoms with Gasteiger partial charge in [-0.25, -0.2) is 0 Å². The van der Waals surface area contributed by atoms with Gasteiger partial charge in [0.1, 0.15) is 0 Å². The Bertz CT molecular complexity index is 1380. The Labute approximate surface area is 182 Å². The molecule has 2 aromatic heterocycles. The van der Waals surface area contributed by atoms with E-state index in [1.54, 1.807) is 28.8 Å². The Kier molecular flexibility index (Phi) is 5.26. The number of nitro groups is 1. The zero-order chi connectivity index (χ0) is 20.7. The lowest BCUT2D eigenvalue weighted by Crippen LogP contribution is -2.16. The Hall–Kier alpha value is -2.52. The number of nitro benzene ring substituents is 1. The van der Waals surface area contributed by atoms with E-state index in [1.165, 1.54) is 34.8 Å². The Morgan fingerprint density at radius 3 is 2.69 bits per heavy atom. The van der Waals surface area contributed by atoms with E-state index in [9.17, 15) is 14.9 Å². The molecule has 0 unspecified atom stereocenters. The summed E-state index contributed by atoms with van der Waals surface area (Å²) in [6, 6.07) is 9.64. The van der Waals surface area contributed by atoms with Crippen molar-refractivity contribution < 1.29 is 9.72 Å². The molecule has 0 radical (unpaired) electrons. The van der Waals surface area contributed by atoms with Crippen molar-refractivity contribution in [1.29, 1.82) is 0 Å². The molecule has 0 atom stereocenters. The second-order valence-corrected chi connectivity index (χ2v) is 8.88. The number of aromatic nitrogens is 1. The molecule has 146 valence electrons. The Morgan fingerprint density at radius 2 is 1.97 bits per heavy atom. The number of fused-ring (bicyclic) bond motifs is 2. The lowest BCUT2D eigenvalue weighted by atomic mass is 10.2. The number of rotatable bonds is 4. The topological polar surface area (TPSA) is 77.5 Å². The molecule has 0 aliphatic carbocycles. The van der Waals surface area contributed by atoms with Crippen LogP contribution in [0, 0.1) is 10.1 Å². The second kappa shape index (κ2) is 7.72. The lowest BCUT2D eigenvalue weighted by molar-refractivity contribution is -0.384. The van der Waals surface area contributed by atoms with Crippen molar-refractivity contribution in [3.8, 4) is 0 Å². The van der Waals surface area contributed by atoms with Gasteiger partial charge < -0.3 is 4.57 Å². The molecule has 4 aromatic rings. The van der Waals surface area contributed by atoms with Crippen LogP contribution in [-0.2, 0) is 6.54 Å².